The molecule has 0 amide bonds. The van der Waals surface area contributed by atoms with Crippen LogP contribution in [-0.4, -0.2) is 22.1 Å². The van der Waals surface area contributed by atoms with Gasteiger partial charge in [0.25, 0.3) is 7.52 Å². The van der Waals surface area contributed by atoms with E-state index in [4.69, 9.17) is 0 Å². The zero-order valence-corrected chi connectivity index (χ0v) is 12.8. The molecule has 5 nitrogen and oxygen atoms in total. The van der Waals surface area contributed by atoms with Crippen LogP contribution in [0.1, 0.15) is 17.2 Å². The van der Waals surface area contributed by atoms with Crippen LogP contribution in [0.4, 0.5) is 0 Å². The molecule has 2 unspecified atom stereocenters. The Bertz CT molecular complexity index is 660. The van der Waals surface area contributed by atoms with E-state index in [1.165, 1.54) is 0 Å². The third-order valence-corrected chi connectivity index (χ3v) is 4.75. The lowest BCUT2D eigenvalue weighted by molar-refractivity contribution is -0.139. The molecular formula is C16H18NO4P. The maximum absolute atomic E-state index is 12.3. The molecule has 0 aliphatic heterocycles. The van der Waals surface area contributed by atoms with Gasteiger partial charge in [0.05, 0.1) is 0 Å². The molecule has 3 N–H and O–H groups in total. The van der Waals surface area contributed by atoms with Crippen molar-refractivity contribution in [3.8, 4) is 0 Å². The van der Waals surface area contributed by atoms with Gasteiger partial charge in [-0.2, -0.15) is 0 Å². The Hall–Kier alpha value is -1.94. The molecular weight excluding hydrogens is 301 g/mol. The lowest BCUT2D eigenvalue weighted by Gasteiger charge is -2.19. The second-order valence-corrected chi connectivity index (χ2v) is 7.08. The summed E-state index contributed by atoms with van der Waals surface area (Å²) in [5.74, 6) is -1.18. The predicted octanol–water partition coefficient (Wildman–Crippen LogP) is 2.83. The third-order valence-electron chi connectivity index (χ3n) is 3.26. The molecule has 0 aromatic heterocycles. The molecule has 0 saturated carbocycles. The molecule has 0 heterocycles. The highest BCUT2D eigenvalue weighted by Gasteiger charge is 2.28. The van der Waals surface area contributed by atoms with E-state index in [1.807, 2.05) is 30.3 Å². The minimum Gasteiger partial charge on any atom is -0.480 e. The fourth-order valence-corrected chi connectivity index (χ4v) is 3.46. The molecule has 22 heavy (non-hydrogen) atoms. The molecule has 2 atom stereocenters. The maximum Gasteiger partial charge on any atom is 0.325 e. The molecule has 0 bridgehead atoms. The van der Waals surface area contributed by atoms with Crippen molar-refractivity contribution in [2.45, 2.75) is 12.5 Å². The summed E-state index contributed by atoms with van der Waals surface area (Å²) in [6.45, 7) is 0. The fourth-order valence-electron chi connectivity index (χ4n) is 2.11. The van der Waals surface area contributed by atoms with Gasteiger partial charge in [-0.25, -0.2) is 5.09 Å². The summed E-state index contributed by atoms with van der Waals surface area (Å²) < 4.78 is 12.3. The summed E-state index contributed by atoms with van der Waals surface area (Å²) in [4.78, 5) is 21.4. The van der Waals surface area contributed by atoms with Gasteiger partial charge in [-0.1, -0.05) is 60.7 Å². The van der Waals surface area contributed by atoms with E-state index in [2.05, 4.69) is 5.09 Å². The van der Waals surface area contributed by atoms with E-state index in [-0.39, 0.29) is 6.16 Å². The Balaban J connectivity index is 2.05. The normalized spacial score (nSPS) is 15.0. The Morgan fingerprint density at radius 1 is 1.05 bits per heavy atom. The molecule has 116 valence electrons. The number of hydrogen-bond donors (Lipinski definition) is 3. The van der Waals surface area contributed by atoms with Crippen LogP contribution in [0.15, 0.2) is 60.7 Å². The number of carboxylic acid groups (broad SMARTS) is 1. The lowest BCUT2D eigenvalue weighted by Crippen LogP contribution is -2.27. The number of hydrogen-bond acceptors (Lipinski definition) is 2. The fraction of sp³-hybridized carbons (Fsp3) is 0.188. The average molecular weight is 319 g/mol. The standard InChI is InChI=1S/C16H18NO4P/c18-16(19)15(14-9-5-2-6-10-14)17-22(20,21)12-11-13-7-3-1-4-8-13/h1-10,15H,11-12H2,(H,18,19)(H2,17,20,21). The van der Waals surface area contributed by atoms with Gasteiger partial charge in [0.1, 0.15) is 6.04 Å². The molecule has 0 spiro atoms. The summed E-state index contributed by atoms with van der Waals surface area (Å²) in [7, 11) is -3.76. The van der Waals surface area contributed by atoms with Crippen molar-refractivity contribution >= 4 is 13.5 Å². The molecule has 2 rings (SSSR count). The molecule has 6 heteroatoms. The topological polar surface area (TPSA) is 86.6 Å². The molecule has 0 saturated heterocycles. The lowest BCUT2D eigenvalue weighted by atomic mass is 10.1. The smallest absolute Gasteiger partial charge is 0.325 e. The van der Waals surface area contributed by atoms with Crippen LogP contribution in [0.2, 0.25) is 0 Å². The van der Waals surface area contributed by atoms with E-state index >= 15 is 0 Å². The minimum atomic E-state index is -3.76. The van der Waals surface area contributed by atoms with Crippen LogP contribution in [0.25, 0.3) is 0 Å². The molecule has 0 fully saturated rings. The van der Waals surface area contributed by atoms with Gasteiger partial charge in [-0.05, 0) is 17.5 Å². The first-order chi connectivity index (χ1) is 10.5. The number of carbonyl (C=O) groups is 1. The first kappa shape index (κ1) is 16.4. The number of carboxylic acids is 1. The second-order valence-electron chi connectivity index (χ2n) is 4.97. The quantitative estimate of drug-likeness (QED) is 0.683. The van der Waals surface area contributed by atoms with Gasteiger partial charge in [-0.15, -0.1) is 0 Å². The van der Waals surface area contributed by atoms with E-state index < -0.39 is 19.5 Å². The average Bonchev–Trinajstić information content (AvgIpc) is 2.52. The van der Waals surface area contributed by atoms with Crippen molar-refractivity contribution in [1.29, 1.82) is 0 Å². The number of aryl methyl sites for hydroxylation is 1. The van der Waals surface area contributed by atoms with Crippen molar-refractivity contribution in [1.82, 2.24) is 5.09 Å². The van der Waals surface area contributed by atoms with Crippen LogP contribution in [0.3, 0.4) is 0 Å². The number of rotatable bonds is 7. The Morgan fingerprint density at radius 2 is 1.59 bits per heavy atom. The zero-order chi connectivity index (χ0) is 16.0. The highest BCUT2D eigenvalue weighted by molar-refractivity contribution is 7.55. The van der Waals surface area contributed by atoms with Crippen molar-refractivity contribution in [2.75, 3.05) is 6.16 Å². The largest absolute Gasteiger partial charge is 0.480 e. The highest BCUT2D eigenvalue weighted by atomic mass is 31.2. The molecule has 0 aliphatic carbocycles. The predicted molar refractivity (Wildman–Crippen MR) is 84.8 cm³/mol. The van der Waals surface area contributed by atoms with Crippen molar-refractivity contribution < 1.29 is 19.4 Å². The van der Waals surface area contributed by atoms with E-state index in [9.17, 15) is 19.4 Å². The van der Waals surface area contributed by atoms with Crippen LogP contribution in [0.5, 0.6) is 0 Å². The minimum absolute atomic E-state index is 0.0202. The maximum atomic E-state index is 12.3. The molecule has 2 aromatic rings. The van der Waals surface area contributed by atoms with Gasteiger partial charge in [0.2, 0.25) is 0 Å². The van der Waals surface area contributed by atoms with Crippen molar-refractivity contribution in [2.24, 2.45) is 0 Å². The Labute approximate surface area is 129 Å². The van der Waals surface area contributed by atoms with Gasteiger partial charge in [0, 0.05) is 6.16 Å². The summed E-state index contributed by atoms with van der Waals surface area (Å²) >= 11 is 0. The van der Waals surface area contributed by atoms with Gasteiger partial charge >= 0.3 is 5.97 Å². The van der Waals surface area contributed by atoms with Crippen LogP contribution in [-0.2, 0) is 15.8 Å². The number of nitrogens with one attached hydrogen (secondary N) is 1. The van der Waals surface area contributed by atoms with Crippen LogP contribution >= 0.6 is 7.52 Å². The SMILES string of the molecule is O=C(O)C(NP(=O)(O)CCc1ccccc1)c1ccccc1. The first-order valence-corrected chi connectivity index (χ1v) is 8.74. The summed E-state index contributed by atoms with van der Waals surface area (Å²) in [6, 6.07) is 16.5. The highest BCUT2D eigenvalue weighted by Crippen LogP contribution is 2.39. The molecule has 0 aliphatic rings. The van der Waals surface area contributed by atoms with E-state index in [0.717, 1.165) is 5.56 Å². The van der Waals surface area contributed by atoms with Gasteiger partial charge in [-0.3, -0.25) is 9.36 Å². The number of aliphatic carboxylic acids is 1. The van der Waals surface area contributed by atoms with E-state index in [0.29, 0.717) is 12.0 Å². The Kier molecular flexibility index (Phi) is 5.50. The second kappa shape index (κ2) is 7.36. The zero-order valence-electron chi connectivity index (χ0n) is 11.9. The Morgan fingerprint density at radius 3 is 2.14 bits per heavy atom. The van der Waals surface area contributed by atoms with Crippen LogP contribution < -0.4 is 5.09 Å². The van der Waals surface area contributed by atoms with Gasteiger partial charge < -0.3 is 10.00 Å². The van der Waals surface area contributed by atoms with Crippen molar-refractivity contribution in [3.63, 3.8) is 0 Å². The third kappa shape index (κ3) is 4.81. The van der Waals surface area contributed by atoms with Gasteiger partial charge in [0.15, 0.2) is 0 Å². The monoisotopic (exact) mass is 319 g/mol. The molecule has 2 aromatic carbocycles. The first-order valence-electron chi connectivity index (χ1n) is 6.89. The number of benzene rings is 2. The summed E-state index contributed by atoms with van der Waals surface area (Å²) in [5.41, 5.74) is 1.38. The summed E-state index contributed by atoms with van der Waals surface area (Å²) in [6.07, 6.45) is 0.385. The van der Waals surface area contributed by atoms with E-state index in [1.54, 1.807) is 30.3 Å². The van der Waals surface area contributed by atoms with Crippen molar-refractivity contribution in [3.05, 3.63) is 71.8 Å². The molecule has 0 radical (unpaired) electrons. The van der Waals surface area contributed by atoms with Crippen LogP contribution in [0, 0.1) is 0 Å². The summed E-state index contributed by atoms with van der Waals surface area (Å²) in [5, 5.41) is 11.7.